The third-order valence-corrected chi connectivity index (χ3v) is 5.31. The molecule has 1 aliphatic carbocycles. The minimum Gasteiger partial charge on any atom is -0.348 e. The minimum atomic E-state index is -0.439. The lowest BCUT2D eigenvalue weighted by molar-refractivity contribution is -0.384. The molecule has 0 spiro atoms. The number of amides is 1. The Balaban J connectivity index is 1.67. The Morgan fingerprint density at radius 1 is 1.27 bits per heavy atom. The smallest absolute Gasteiger partial charge is 0.269 e. The van der Waals surface area contributed by atoms with E-state index in [1.807, 2.05) is 17.7 Å². The molecule has 4 rings (SSSR count). The van der Waals surface area contributed by atoms with Gasteiger partial charge in [0.05, 0.1) is 27.1 Å². The summed E-state index contributed by atoms with van der Waals surface area (Å²) in [5.41, 5.74) is 3.60. The van der Waals surface area contributed by atoms with Gasteiger partial charge in [0, 0.05) is 30.3 Å². The highest BCUT2D eigenvalue weighted by Gasteiger charge is 2.30. The van der Waals surface area contributed by atoms with Crippen LogP contribution in [0.4, 0.5) is 5.69 Å². The molecule has 156 valence electrons. The highest BCUT2D eigenvalue weighted by atomic mass is 16.6. The van der Waals surface area contributed by atoms with Crippen molar-refractivity contribution >= 4 is 22.6 Å². The molecule has 1 fully saturated rings. The normalized spacial score (nSPS) is 14.1. The van der Waals surface area contributed by atoms with Gasteiger partial charge in [-0.2, -0.15) is 5.10 Å². The first-order valence-corrected chi connectivity index (χ1v) is 10.1. The molecule has 0 atom stereocenters. The van der Waals surface area contributed by atoms with E-state index in [9.17, 15) is 14.9 Å². The van der Waals surface area contributed by atoms with Crippen LogP contribution in [-0.4, -0.2) is 25.6 Å². The van der Waals surface area contributed by atoms with Crippen molar-refractivity contribution in [3.8, 4) is 0 Å². The number of nitro groups is 1. The van der Waals surface area contributed by atoms with Crippen LogP contribution in [0.1, 0.15) is 66.8 Å². The average molecular weight is 407 g/mol. The maximum Gasteiger partial charge on any atom is 0.269 e. The standard InChI is InChI=1S/C22H25N5O3/c1-13-19-17(21(28)23-12-14-5-9-16(10-6-14)27(29)30)11-18(15-7-8-15)24-20(19)26(25-13)22(2,3)4/h5-6,9-11,15H,7-8,12H2,1-4H3,(H,23,28). The van der Waals surface area contributed by atoms with Gasteiger partial charge in [-0.3, -0.25) is 14.9 Å². The zero-order chi connectivity index (χ0) is 21.6. The summed E-state index contributed by atoms with van der Waals surface area (Å²) in [6.45, 7) is 8.39. The van der Waals surface area contributed by atoms with Crippen molar-refractivity contribution in [3.63, 3.8) is 0 Å². The van der Waals surface area contributed by atoms with Gasteiger partial charge in [-0.25, -0.2) is 9.67 Å². The van der Waals surface area contributed by atoms with Gasteiger partial charge in [0.2, 0.25) is 0 Å². The molecule has 0 radical (unpaired) electrons. The lowest BCUT2D eigenvalue weighted by Crippen LogP contribution is -2.25. The van der Waals surface area contributed by atoms with Crippen molar-refractivity contribution in [1.29, 1.82) is 0 Å². The van der Waals surface area contributed by atoms with Gasteiger partial charge in [0.15, 0.2) is 5.65 Å². The molecule has 1 aliphatic rings. The quantitative estimate of drug-likeness (QED) is 0.504. The Hall–Kier alpha value is -3.29. The van der Waals surface area contributed by atoms with E-state index in [1.165, 1.54) is 12.1 Å². The minimum absolute atomic E-state index is 0.0280. The monoisotopic (exact) mass is 407 g/mol. The van der Waals surface area contributed by atoms with Crippen LogP contribution in [0.15, 0.2) is 30.3 Å². The fourth-order valence-corrected chi connectivity index (χ4v) is 3.56. The number of carbonyl (C=O) groups is 1. The van der Waals surface area contributed by atoms with Gasteiger partial charge in [-0.1, -0.05) is 12.1 Å². The molecule has 0 saturated heterocycles. The van der Waals surface area contributed by atoms with Gasteiger partial charge >= 0.3 is 0 Å². The topological polar surface area (TPSA) is 103 Å². The average Bonchev–Trinajstić information content (AvgIpc) is 3.48. The first-order chi connectivity index (χ1) is 14.1. The first-order valence-electron chi connectivity index (χ1n) is 10.1. The fourth-order valence-electron chi connectivity index (χ4n) is 3.56. The van der Waals surface area contributed by atoms with Crippen molar-refractivity contribution in [2.24, 2.45) is 0 Å². The molecule has 0 aliphatic heterocycles. The zero-order valence-electron chi connectivity index (χ0n) is 17.6. The Kier molecular flexibility index (Phi) is 4.80. The van der Waals surface area contributed by atoms with Crippen molar-refractivity contribution in [2.45, 2.75) is 58.5 Å². The van der Waals surface area contributed by atoms with Gasteiger partial charge in [0.1, 0.15) is 0 Å². The number of nitrogens with zero attached hydrogens (tertiary/aromatic N) is 4. The molecular formula is C22H25N5O3. The Morgan fingerprint density at radius 3 is 2.50 bits per heavy atom. The maximum absolute atomic E-state index is 13.1. The van der Waals surface area contributed by atoms with Gasteiger partial charge in [-0.15, -0.1) is 0 Å². The van der Waals surface area contributed by atoms with E-state index in [1.54, 1.807) is 12.1 Å². The maximum atomic E-state index is 13.1. The summed E-state index contributed by atoms with van der Waals surface area (Å²) < 4.78 is 1.90. The Morgan fingerprint density at radius 2 is 1.93 bits per heavy atom. The highest BCUT2D eigenvalue weighted by molar-refractivity contribution is 6.06. The lowest BCUT2D eigenvalue weighted by atomic mass is 10.1. The van der Waals surface area contributed by atoms with Crippen molar-refractivity contribution in [1.82, 2.24) is 20.1 Å². The van der Waals surface area contributed by atoms with Crippen molar-refractivity contribution in [2.75, 3.05) is 0 Å². The summed E-state index contributed by atoms with van der Waals surface area (Å²) in [7, 11) is 0. The molecule has 2 heterocycles. The van der Waals surface area contributed by atoms with E-state index < -0.39 is 4.92 Å². The van der Waals surface area contributed by atoms with E-state index in [4.69, 9.17) is 4.98 Å². The SMILES string of the molecule is Cc1nn(C(C)(C)C)c2nc(C3CC3)cc(C(=O)NCc3ccc([N+](=O)[O-])cc3)c12. The van der Waals surface area contributed by atoms with E-state index in [2.05, 4.69) is 31.2 Å². The summed E-state index contributed by atoms with van der Waals surface area (Å²) in [5, 5.41) is 19.2. The van der Waals surface area contributed by atoms with E-state index in [0.29, 0.717) is 11.5 Å². The molecule has 1 amide bonds. The van der Waals surface area contributed by atoms with Crippen LogP contribution >= 0.6 is 0 Å². The lowest BCUT2D eigenvalue weighted by Gasteiger charge is -2.20. The fraction of sp³-hybridized carbons (Fsp3) is 0.409. The summed E-state index contributed by atoms with van der Waals surface area (Å²) >= 11 is 0. The van der Waals surface area contributed by atoms with E-state index >= 15 is 0 Å². The first kappa shape index (κ1) is 20.0. The van der Waals surface area contributed by atoms with Crippen LogP contribution < -0.4 is 5.32 Å². The van der Waals surface area contributed by atoms with E-state index in [0.717, 1.165) is 40.8 Å². The predicted molar refractivity (Wildman–Crippen MR) is 114 cm³/mol. The second-order valence-electron chi connectivity index (χ2n) is 8.84. The van der Waals surface area contributed by atoms with Crippen LogP contribution in [0.25, 0.3) is 11.0 Å². The number of nitro benzene ring substituents is 1. The third-order valence-electron chi connectivity index (χ3n) is 5.31. The largest absolute Gasteiger partial charge is 0.348 e. The van der Waals surface area contributed by atoms with Crippen LogP contribution in [0.2, 0.25) is 0 Å². The second-order valence-corrected chi connectivity index (χ2v) is 8.84. The summed E-state index contributed by atoms with van der Waals surface area (Å²) in [6.07, 6.45) is 2.18. The number of hydrogen-bond donors (Lipinski definition) is 1. The van der Waals surface area contributed by atoms with Crippen LogP contribution in [0, 0.1) is 17.0 Å². The molecular weight excluding hydrogens is 382 g/mol. The number of fused-ring (bicyclic) bond motifs is 1. The van der Waals surface area contributed by atoms with Crippen LogP contribution in [0.5, 0.6) is 0 Å². The summed E-state index contributed by atoms with van der Waals surface area (Å²) in [6, 6.07) is 8.08. The molecule has 1 N–H and O–H groups in total. The zero-order valence-corrected chi connectivity index (χ0v) is 17.6. The molecule has 1 saturated carbocycles. The van der Waals surface area contributed by atoms with Gasteiger partial charge in [0.25, 0.3) is 11.6 Å². The molecule has 30 heavy (non-hydrogen) atoms. The summed E-state index contributed by atoms with van der Waals surface area (Å²) in [5.74, 6) is 0.207. The number of hydrogen-bond acceptors (Lipinski definition) is 5. The molecule has 8 heteroatoms. The number of aryl methyl sites for hydroxylation is 1. The number of nitrogens with one attached hydrogen (secondary N) is 1. The van der Waals surface area contributed by atoms with Crippen LogP contribution in [0.3, 0.4) is 0 Å². The Labute approximate surface area is 174 Å². The molecule has 1 aromatic carbocycles. The number of pyridine rings is 1. The third kappa shape index (κ3) is 3.77. The number of non-ortho nitro benzene ring substituents is 1. The van der Waals surface area contributed by atoms with Crippen molar-refractivity contribution < 1.29 is 9.72 Å². The number of aromatic nitrogens is 3. The van der Waals surface area contributed by atoms with Crippen molar-refractivity contribution in [3.05, 3.63) is 63.0 Å². The molecule has 0 bridgehead atoms. The molecule has 0 unspecified atom stereocenters. The second kappa shape index (κ2) is 7.19. The molecule has 8 nitrogen and oxygen atoms in total. The Bertz CT molecular complexity index is 1140. The highest BCUT2D eigenvalue weighted by Crippen LogP contribution is 2.41. The number of carbonyl (C=O) groups excluding carboxylic acids is 1. The summed E-state index contributed by atoms with van der Waals surface area (Å²) in [4.78, 5) is 28.4. The number of benzene rings is 1. The molecule has 2 aromatic heterocycles. The molecule has 3 aromatic rings. The van der Waals surface area contributed by atoms with E-state index in [-0.39, 0.29) is 23.7 Å². The van der Waals surface area contributed by atoms with Crippen LogP contribution in [-0.2, 0) is 12.1 Å². The number of rotatable bonds is 5. The predicted octanol–water partition coefficient (Wildman–Crippen LogP) is 4.21. The van der Waals surface area contributed by atoms with Gasteiger partial charge in [-0.05, 0) is 52.2 Å². The van der Waals surface area contributed by atoms with Gasteiger partial charge < -0.3 is 5.32 Å².